The smallest absolute Gasteiger partial charge is 0.391 e. The van der Waals surface area contributed by atoms with E-state index in [1.807, 2.05) is 0 Å². The predicted octanol–water partition coefficient (Wildman–Crippen LogP) is 2.38. The Bertz CT molecular complexity index is 349. The third-order valence-electron chi connectivity index (χ3n) is 3.79. The number of ether oxygens (including phenoxy) is 1. The highest BCUT2D eigenvalue weighted by Gasteiger charge is 2.42. The molecule has 116 valence electrons. The zero-order chi connectivity index (χ0) is 15.3. The molecule has 0 spiro atoms. The highest BCUT2D eigenvalue weighted by atomic mass is 19.4. The molecule has 0 aromatic heterocycles. The van der Waals surface area contributed by atoms with Crippen molar-refractivity contribution in [2.45, 2.75) is 38.3 Å². The van der Waals surface area contributed by atoms with Crippen molar-refractivity contribution in [2.24, 2.45) is 11.8 Å². The van der Waals surface area contributed by atoms with Gasteiger partial charge in [-0.05, 0) is 25.7 Å². The Morgan fingerprint density at radius 1 is 1.20 bits per heavy atom. The number of rotatable bonds is 4. The number of carbonyl (C=O) groups excluding carboxylic acids is 2. The van der Waals surface area contributed by atoms with Gasteiger partial charge in [-0.3, -0.25) is 9.59 Å². The van der Waals surface area contributed by atoms with E-state index in [0.29, 0.717) is 0 Å². The maximum atomic E-state index is 12.5. The summed E-state index contributed by atoms with van der Waals surface area (Å²) in [7, 11) is 2.82. The molecule has 20 heavy (non-hydrogen) atoms. The molecule has 7 heteroatoms. The fraction of sp³-hybridized carbons (Fsp3) is 0.846. The highest BCUT2D eigenvalue weighted by Crippen LogP contribution is 2.39. The van der Waals surface area contributed by atoms with Gasteiger partial charge < -0.3 is 9.64 Å². The van der Waals surface area contributed by atoms with Gasteiger partial charge in [0.2, 0.25) is 5.91 Å². The van der Waals surface area contributed by atoms with Crippen LogP contribution in [0.1, 0.15) is 32.1 Å². The number of alkyl halides is 3. The van der Waals surface area contributed by atoms with E-state index in [2.05, 4.69) is 4.74 Å². The molecule has 0 N–H and O–H groups in total. The molecule has 0 radical (unpaired) electrons. The molecule has 1 fully saturated rings. The molecule has 1 aliphatic rings. The molecule has 0 bridgehead atoms. The SMILES string of the molecule is COC(=O)CCN(C)C(=O)C1CCC(C(F)(F)F)CC1. The van der Waals surface area contributed by atoms with Gasteiger partial charge in [-0.1, -0.05) is 0 Å². The van der Waals surface area contributed by atoms with Crippen LogP contribution in [-0.2, 0) is 14.3 Å². The van der Waals surface area contributed by atoms with E-state index in [1.54, 1.807) is 7.05 Å². The summed E-state index contributed by atoms with van der Waals surface area (Å²) in [6, 6.07) is 0. The first kappa shape index (κ1) is 16.8. The van der Waals surface area contributed by atoms with Gasteiger partial charge in [0.15, 0.2) is 0 Å². The van der Waals surface area contributed by atoms with Gasteiger partial charge in [0, 0.05) is 19.5 Å². The summed E-state index contributed by atoms with van der Waals surface area (Å²) in [5.74, 6) is -2.25. The van der Waals surface area contributed by atoms with Gasteiger partial charge >= 0.3 is 12.1 Å². The Morgan fingerprint density at radius 2 is 1.75 bits per heavy atom. The van der Waals surface area contributed by atoms with Crippen LogP contribution in [-0.4, -0.2) is 43.7 Å². The number of amides is 1. The maximum Gasteiger partial charge on any atom is 0.391 e. The van der Waals surface area contributed by atoms with Crippen molar-refractivity contribution in [3.8, 4) is 0 Å². The average Bonchev–Trinajstić information content (AvgIpc) is 2.42. The Labute approximate surface area is 116 Å². The number of halogens is 3. The summed E-state index contributed by atoms with van der Waals surface area (Å²) >= 11 is 0. The molecule has 0 saturated heterocycles. The lowest BCUT2D eigenvalue weighted by Gasteiger charge is -2.31. The van der Waals surface area contributed by atoms with Crippen LogP contribution in [0.5, 0.6) is 0 Å². The number of hydrogen-bond donors (Lipinski definition) is 0. The number of methoxy groups -OCH3 is 1. The second kappa shape index (κ2) is 6.95. The molecule has 4 nitrogen and oxygen atoms in total. The van der Waals surface area contributed by atoms with Crippen molar-refractivity contribution >= 4 is 11.9 Å². The Balaban J connectivity index is 2.40. The molecular weight excluding hydrogens is 275 g/mol. The van der Waals surface area contributed by atoms with E-state index >= 15 is 0 Å². The largest absolute Gasteiger partial charge is 0.469 e. The van der Waals surface area contributed by atoms with E-state index in [4.69, 9.17) is 0 Å². The Morgan fingerprint density at radius 3 is 2.20 bits per heavy atom. The van der Waals surface area contributed by atoms with Crippen LogP contribution >= 0.6 is 0 Å². The van der Waals surface area contributed by atoms with E-state index in [-0.39, 0.29) is 50.5 Å². The highest BCUT2D eigenvalue weighted by molar-refractivity contribution is 5.79. The van der Waals surface area contributed by atoms with Crippen LogP contribution in [0.25, 0.3) is 0 Å². The minimum absolute atomic E-state index is 0.00471. The van der Waals surface area contributed by atoms with Crippen LogP contribution < -0.4 is 0 Å². The van der Waals surface area contributed by atoms with Crippen molar-refractivity contribution in [1.29, 1.82) is 0 Å². The molecule has 1 rings (SSSR count). The first-order valence-corrected chi connectivity index (χ1v) is 6.64. The fourth-order valence-electron chi connectivity index (χ4n) is 2.45. The second-order valence-corrected chi connectivity index (χ2v) is 5.18. The molecule has 0 heterocycles. The van der Waals surface area contributed by atoms with Gasteiger partial charge in [0.05, 0.1) is 19.4 Å². The maximum absolute atomic E-state index is 12.5. The summed E-state index contributed by atoms with van der Waals surface area (Å²) in [6.45, 7) is 0.227. The molecule has 0 aliphatic heterocycles. The molecule has 1 saturated carbocycles. The average molecular weight is 295 g/mol. The van der Waals surface area contributed by atoms with Gasteiger partial charge in [0.25, 0.3) is 0 Å². The monoisotopic (exact) mass is 295 g/mol. The third kappa shape index (κ3) is 4.68. The van der Waals surface area contributed by atoms with Crippen LogP contribution in [0.2, 0.25) is 0 Å². The Hall–Kier alpha value is -1.27. The number of esters is 1. The lowest BCUT2D eigenvalue weighted by atomic mass is 9.81. The summed E-state index contributed by atoms with van der Waals surface area (Å²) in [5.41, 5.74) is 0. The molecule has 0 aromatic rings. The minimum atomic E-state index is -4.16. The molecule has 0 atom stereocenters. The fourth-order valence-corrected chi connectivity index (χ4v) is 2.45. The van der Waals surface area contributed by atoms with Crippen molar-refractivity contribution in [1.82, 2.24) is 4.90 Å². The number of carbonyl (C=O) groups is 2. The van der Waals surface area contributed by atoms with Crippen molar-refractivity contribution < 1.29 is 27.5 Å². The quantitative estimate of drug-likeness (QED) is 0.748. The van der Waals surface area contributed by atoms with Crippen molar-refractivity contribution in [2.75, 3.05) is 20.7 Å². The van der Waals surface area contributed by atoms with Crippen molar-refractivity contribution in [3.05, 3.63) is 0 Å². The molecular formula is C13H20F3NO3. The van der Waals surface area contributed by atoms with E-state index in [9.17, 15) is 22.8 Å². The van der Waals surface area contributed by atoms with Gasteiger partial charge in [0.1, 0.15) is 0 Å². The third-order valence-corrected chi connectivity index (χ3v) is 3.79. The lowest BCUT2D eigenvalue weighted by molar-refractivity contribution is -0.185. The number of hydrogen-bond acceptors (Lipinski definition) is 3. The molecule has 0 unspecified atom stereocenters. The van der Waals surface area contributed by atoms with Crippen LogP contribution in [0, 0.1) is 11.8 Å². The summed E-state index contributed by atoms with van der Waals surface area (Å²) in [5, 5.41) is 0. The van der Waals surface area contributed by atoms with Gasteiger partial charge in [-0.15, -0.1) is 0 Å². The zero-order valence-corrected chi connectivity index (χ0v) is 11.7. The van der Waals surface area contributed by atoms with E-state index < -0.39 is 18.1 Å². The zero-order valence-electron chi connectivity index (χ0n) is 11.7. The van der Waals surface area contributed by atoms with Crippen LogP contribution in [0.15, 0.2) is 0 Å². The summed E-state index contributed by atoms with van der Waals surface area (Å²) < 4.78 is 42.1. The standard InChI is InChI=1S/C13H20F3NO3/c1-17(8-7-11(18)20-2)12(19)9-3-5-10(6-4-9)13(14,15)16/h9-10H,3-8H2,1-2H3. The van der Waals surface area contributed by atoms with E-state index in [1.165, 1.54) is 12.0 Å². The van der Waals surface area contributed by atoms with Gasteiger partial charge in [-0.2, -0.15) is 13.2 Å². The second-order valence-electron chi connectivity index (χ2n) is 5.18. The van der Waals surface area contributed by atoms with E-state index in [0.717, 1.165) is 0 Å². The normalized spacial score (nSPS) is 23.2. The summed E-state index contributed by atoms with van der Waals surface area (Å²) in [4.78, 5) is 24.4. The summed E-state index contributed by atoms with van der Waals surface area (Å²) in [6.07, 6.45) is -3.55. The number of nitrogens with zero attached hydrogens (tertiary/aromatic N) is 1. The topological polar surface area (TPSA) is 46.6 Å². The van der Waals surface area contributed by atoms with Gasteiger partial charge in [-0.25, -0.2) is 0 Å². The minimum Gasteiger partial charge on any atom is -0.469 e. The Kier molecular flexibility index (Phi) is 5.83. The molecule has 0 aromatic carbocycles. The lowest BCUT2D eigenvalue weighted by Crippen LogP contribution is -2.38. The van der Waals surface area contributed by atoms with Crippen molar-refractivity contribution in [3.63, 3.8) is 0 Å². The predicted molar refractivity (Wildman–Crippen MR) is 65.8 cm³/mol. The van der Waals surface area contributed by atoms with Crippen LogP contribution in [0.3, 0.4) is 0 Å². The first-order valence-electron chi connectivity index (χ1n) is 6.64. The van der Waals surface area contributed by atoms with Crippen LogP contribution in [0.4, 0.5) is 13.2 Å². The molecule has 1 aliphatic carbocycles. The first-order chi connectivity index (χ1) is 9.25. The molecule has 1 amide bonds.